The van der Waals surface area contributed by atoms with Crippen LogP contribution in [0.15, 0.2) is 24.8 Å². The lowest BCUT2D eigenvalue weighted by Gasteiger charge is -2.30. The molecule has 2 aliphatic rings. The highest BCUT2D eigenvalue weighted by atomic mass is 16.4. The minimum Gasteiger partial charge on any atom is -0.481 e. The first-order valence-corrected chi connectivity index (χ1v) is 19.8. The third-order valence-corrected chi connectivity index (χ3v) is 10.6. The van der Waals surface area contributed by atoms with Crippen LogP contribution in [0, 0.1) is 0 Å². The van der Waals surface area contributed by atoms with E-state index in [1.807, 2.05) is 5.32 Å². The molecule has 3 atom stereocenters. The van der Waals surface area contributed by atoms with E-state index in [9.17, 15) is 83.4 Å². The lowest BCUT2D eigenvalue weighted by molar-refractivity contribution is -0.982. The first-order valence-electron chi connectivity index (χ1n) is 19.8. The largest absolute Gasteiger partial charge is 0.481 e. The summed E-state index contributed by atoms with van der Waals surface area (Å²) in [6.45, 7) is -4.36. The summed E-state index contributed by atoms with van der Waals surface area (Å²) in [7, 11) is 0. The number of unbranched alkanes of at least 4 members (excludes halogenated alkanes) is 1. The SMILES string of the molecule is N[C@@H](C[N+]12Cc3n(cc[n+]3CC(=O)N(CC(=O)O)CC(=O)O)C1n1cc[n+](CC(=O)N(CC(=O)O)CC(=O)O)c1C2)C(=O)NCCCC[C@H](NC(=O)N[C@@H](CCC(=O)O)C(=O)O)C(=O)O. The molecular weight excluding hydrogens is 874 g/mol. The van der Waals surface area contributed by atoms with E-state index in [2.05, 4.69) is 10.6 Å². The van der Waals surface area contributed by atoms with E-state index in [1.54, 1.807) is 21.5 Å². The molecule has 0 aliphatic carbocycles. The van der Waals surface area contributed by atoms with E-state index < -0.39 is 142 Å². The third kappa shape index (κ3) is 13.2. The van der Waals surface area contributed by atoms with Crippen LogP contribution in [0.5, 0.6) is 0 Å². The number of aliphatic carboxylic acids is 7. The fraction of sp³-hybridized carbons (Fsp3) is 0.528. The molecule has 65 heavy (non-hydrogen) atoms. The van der Waals surface area contributed by atoms with Crippen LogP contribution < -0.4 is 30.8 Å². The van der Waals surface area contributed by atoms with Gasteiger partial charge in [0, 0.05) is 13.0 Å². The molecule has 0 aromatic carbocycles. The predicted octanol–water partition coefficient (Wildman–Crippen LogP) is -5.61. The monoisotopic (exact) mass is 924 g/mol. The second-order valence-corrected chi connectivity index (χ2v) is 15.4. The van der Waals surface area contributed by atoms with Crippen LogP contribution in [0.2, 0.25) is 0 Å². The van der Waals surface area contributed by atoms with E-state index in [4.69, 9.17) is 10.8 Å². The van der Waals surface area contributed by atoms with E-state index in [-0.39, 0.29) is 49.9 Å². The molecule has 0 saturated carbocycles. The summed E-state index contributed by atoms with van der Waals surface area (Å²) in [6.07, 6.45) is 4.73. The number of hydrogen-bond donors (Lipinski definition) is 11. The van der Waals surface area contributed by atoms with Crippen molar-refractivity contribution in [2.75, 3.05) is 39.3 Å². The second-order valence-electron chi connectivity index (χ2n) is 15.4. The van der Waals surface area contributed by atoms with E-state index in [0.29, 0.717) is 21.4 Å². The normalized spacial score (nSPS) is 17.0. The molecule has 0 radical (unpaired) electrons. The molecule has 4 heterocycles. The number of hydrogen-bond acceptors (Lipinski definition) is 12. The minimum absolute atomic E-state index is 0.00139. The molecule has 4 rings (SSSR count). The highest BCUT2D eigenvalue weighted by molar-refractivity contribution is 5.87. The van der Waals surface area contributed by atoms with Crippen molar-refractivity contribution in [2.45, 2.75) is 82.7 Å². The summed E-state index contributed by atoms with van der Waals surface area (Å²) in [5.74, 6) is -11.3. The summed E-state index contributed by atoms with van der Waals surface area (Å²) in [4.78, 5) is 133. The van der Waals surface area contributed by atoms with Gasteiger partial charge in [0.25, 0.3) is 11.8 Å². The zero-order valence-corrected chi connectivity index (χ0v) is 34.6. The number of quaternary nitrogens is 1. The van der Waals surface area contributed by atoms with Crippen molar-refractivity contribution >= 4 is 65.5 Å². The topological polar surface area (TPSA) is 416 Å². The molecule has 0 spiro atoms. The van der Waals surface area contributed by atoms with E-state index in [1.165, 1.54) is 21.5 Å². The van der Waals surface area contributed by atoms with Gasteiger partial charge >= 0.3 is 65.8 Å². The van der Waals surface area contributed by atoms with Crippen LogP contribution in [0.3, 0.4) is 0 Å². The number of aromatic nitrogens is 4. The van der Waals surface area contributed by atoms with Crippen molar-refractivity contribution in [3.8, 4) is 0 Å². The minimum atomic E-state index is -1.59. The van der Waals surface area contributed by atoms with Gasteiger partial charge < -0.3 is 67.2 Å². The second kappa shape index (κ2) is 21.6. The molecule has 29 nitrogen and oxygen atoms in total. The number of carboxylic acids is 7. The summed E-state index contributed by atoms with van der Waals surface area (Å²) < 4.78 is 6.47. The lowest BCUT2D eigenvalue weighted by atomic mass is 10.1. The molecule has 0 bridgehead atoms. The Balaban J connectivity index is 1.49. The highest BCUT2D eigenvalue weighted by Gasteiger charge is 2.64. The zero-order valence-electron chi connectivity index (χ0n) is 34.6. The molecule has 0 fully saturated rings. The molecule has 5 amide bonds. The van der Waals surface area contributed by atoms with Crippen molar-refractivity contribution in [3.05, 3.63) is 36.4 Å². The Morgan fingerprint density at radius 3 is 1.49 bits per heavy atom. The number of nitrogens with two attached hydrogens (primary N) is 1. The van der Waals surface area contributed by atoms with Crippen molar-refractivity contribution in [1.82, 2.24) is 34.9 Å². The van der Waals surface area contributed by atoms with Crippen LogP contribution in [0.1, 0.15) is 50.0 Å². The smallest absolute Gasteiger partial charge is 0.380 e. The van der Waals surface area contributed by atoms with Gasteiger partial charge in [-0.2, -0.15) is 0 Å². The van der Waals surface area contributed by atoms with Crippen LogP contribution in [-0.4, -0.2) is 182 Å². The average molecular weight is 925 g/mol. The number of urea groups is 1. The lowest BCUT2D eigenvalue weighted by Crippen LogP contribution is -2.57. The molecule has 0 unspecified atom stereocenters. The molecule has 2 aromatic rings. The Hall–Kier alpha value is -7.69. The number of fused-ring (bicyclic) bond motifs is 5. The van der Waals surface area contributed by atoms with Gasteiger partial charge in [0.2, 0.25) is 5.91 Å². The van der Waals surface area contributed by atoms with Crippen molar-refractivity contribution in [1.29, 1.82) is 0 Å². The Morgan fingerprint density at radius 2 is 1.09 bits per heavy atom. The first-order chi connectivity index (χ1) is 30.5. The molecule has 12 N–H and O–H groups in total. The number of imidazole rings is 2. The number of amides is 5. The Morgan fingerprint density at radius 1 is 0.662 bits per heavy atom. The number of nitrogens with one attached hydrogen (secondary N) is 3. The van der Waals surface area contributed by atoms with Gasteiger partial charge in [0.15, 0.2) is 26.2 Å². The molecule has 354 valence electrons. The Bertz CT molecular complexity index is 2090. The maximum absolute atomic E-state index is 13.5. The quantitative estimate of drug-likeness (QED) is 0.0226. The molecule has 2 aliphatic heterocycles. The van der Waals surface area contributed by atoms with Gasteiger partial charge in [-0.25, -0.2) is 28.0 Å². The number of rotatable bonds is 27. The van der Waals surface area contributed by atoms with Crippen LogP contribution in [0.25, 0.3) is 0 Å². The molecule has 29 heteroatoms. The molecule has 0 saturated heterocycles. The van der Waals surface area contributed by atoms with Crippen LogP contribution in [0.4, 0.5) is 4.79 Å². The first kappa shape index (κ1) is 50.0. The highest BCUT2D eigenvalue weighted by Crippen LogP contribution is 2.42. The van der Waals surface area contributed by atoms with Crippen molar-refractivity contribution in [3.63, 3.8) is 0 Å². The summed E-state index contributed by atoms with van der Waals surface area (Å²) in [5.41, 5.74) is 6.50. The fourth-order valence-electron chi connectivity index (χ4n) is 7.71. The van der Waals surface area contributed by atoms with E-state index >= 15 is 0 Å². The molecular formula is C36H50N11O18+3. The number of carbonyl (C=O) groups excluding carboxylic acids is 4. The van der Waals surface area contributed by atoms with Gasteiger partial charge in [-0.05, 0) is 25.7 Å². The Kier molecular flexibility index (Phi) is 16.6. The predicted molar refractivity (Wildman–Crippen MR) is 206 cm³/mol. The van der Waals surface area contributed by atoms with Crippen molar-refractivity contribution in [2.24, 2.45) is 5.73 Å². The van der Waals surface area contributed by atoms with Crippen LogP contribution in [-0.2, 0) is 74.1 Å². The summed E-state index contributed by atoms with van der Waals surface area (Å²) in [5, 5.41) is 71.6. The molecule has 2 aromatic heterocycles. The fourth-order valence-corrected chi connectivity index (χ4v) is 7.71. The number of nitrogens with zero attached hydrogens (tertiary/aromatic N) is 7. The zero-order chi connectivity index (χ0) is 48.3. The standard InChI is InChI=1S/C36H47N11O18/c37-20(32(60)38-6-2-1-3-21(33(61)62)39-35(65)40-22(34(63)64)4-5-27(50)51)17-47-18-23-41(11-25(48)43(13-28(52)53)14-29(54)55)7-9-45(23)36(47)46-10-8-42(24(46)19-47)12-26(49)44(15-30(56)57)16-31(58)59/h7-10,20-22,36H,1-6,11-19,37H2,(H7-3,38,39,40,50,51,52,53,54,55,56,57,58,59,60,61,62,63,64,65)/p+3/t20-,21-,22-,36?,47?/m0/s1. The van der Waals surface area contributed by atoms with Gasteiger partial charge in [-0.1, -0.05) is 0 Å². The Labute approximate surface area is 366 Å². The number of carboxylic acid groups (broad SMARTS) is 7. The number of carbonyl (C=O) groups is 11. The maximum Gasteiger partial charge on any atom is 0.380 e. The summed E-state index contributed by atoms with van der Waals surface area (Å²) >= 11 is 0. The van der Waals surface area contributed by atoms with Gasteiger partial charge in [-0.15, -0.1) is 9.13 Å². The summed E-state index contributed by atoms with van der Waals surface area (Å²) in [6, 6.07) is -5.43. The van der Waals surface area contributed by atoms with Gasteiger partial charge in [0.05, 0.1) is 0 Å². The maximum atomic E-state index is 13.5. The third-order valence-electron chi connectivity index (χ3n) is 10.6. The average Bonchev–Trinajstić information content (AvgIpc) is 3.92. The van der Waals surface area contributed by atoms with Gasteiger partial charge in [-0.3, -0.25) is 38.4 Å². The van der Waals surface area contributed by atoms with Crippen molar-refractivity contribution < 1.29 is 102 Å². The van der Waals surface area contributed by atoms with E-state index in [0.717, 1.165) is 0 Å². The van der Waals surface area contributed by atoms with Crippen LogP contribution >= 0.6 is 0 Å². The van der Waals surface area contributed by atoms with Gasteiger partial charge in [0.1, 0.15) is 75.6 Å².